The Labute approximate surface area is 87.9 Å². The highest BCUT2D eigenvalue weighted by atomic mass is 127. The molecule has 0 rings (SSSR count). The van der Waals surface area contributed by atoms with E-state index in [-0.39, 0.29) is 16.6 Å². The first-order valence-electron chi connectivity index (χ1n) is 3.38. The van der Waals surface area contributed by atoms with E-state index in [0.29, 0.717) is 6.08 Å². The molecule has 0 aromatic heterocycles. The summed E-state index contributed by atoms with van der Waals surface area (Å²) in [7, 11) is 0.892. The van der Waals surface area contributed by atoms with Crippen LogP contribution >= 0.6 is 22.6 Å². The summed E-state index contributed by atoms with van der Waals surface area (Å²) in [4.78, 5) is 10.5. The molecule has 0 atom stereocenters. The lowest BCUT2D eigenvalue weighted by atomic mass is 10.3. The van der Waals surface area contributed by atoms with Crippen molar-refractivity contribution >= 4 is 28.6 Å². The fourth-order valence-corrected chi connectivity index (χ4v) is 1.20. The van der Waals surface area contributed by atoms with Gasteiger partial charge in [0.15, 0.2) is 0 Å². The van der Waals surface area contributed by atoms with Gasteiger partial charge in [-0.25, -0.2) is 4.79 Å². The van der Waals surface area contributed by atoms with Crippen LogP contribution in [-0.2, 0) is 9.53 Å². The van der Waals surface area contributed by atoms with Crippen molar-refractivity contribution in [3.05, 3.63) is 9.66 Å². The summed E-state index contributed by atoms with van der Waals surface area (Å²) >= 11 is 1.63. The van der Waals surface area contributed by atoms with Gasteiger partial charge in [0, 0.05) is 19.1 Å². The Morgan fingerprint density at radius 2 is 2.23 bits per heavy atom. The molecule has 0 saturated carbocycles. The zero-order valence-corrected chi connectivity index (χ0v) is 9.05. The third kappa shape index (κ3) is 4.51. The predicted octanol–water partition coefficient (Wildman–Crippen LogP) is 1.50. The lowest BCUT2D eigenvalue weighted by Gasteiger charge is -2.09. The minimum atomic E-state index is -3.61. The average molecular weight is 306 g/mol. The van der Waals surface area contributed by atoms with E-state index in [0.717, 1.165) is 7.11 Å². The topological polar surface area (TPSA) is 46.5 Å². The van der Waals surface area contributed by atoms with E-state index >= 15 is 0 Å². The number of halogens is 3. The molecule has 0 heterocycles. The Morgan fingerprint density at radius 1 is 1.69 bits per heavy atom. The Bertz CT molecular complexity index is 216. The summed E-state index contributed by atoms with van der Waals surface area (Å²) < 4.78 is 29.6. The van der Waals surface area contributed by atoms with E-state index in [9.17, 15) is 13.6 Å². The number of aliphatic hydroxyl groups is 1. The summed E-state index contributed by atoms with van der Waals surface area (Å²) in [5, 5.41) is 8.42. The molecular weight excluding hydrogens is 297 g/mol. The van der Waals surface area contributed by atoms with Crippen LogP contribution in [0.5, 0.6) is 0 Å². The van der Waals surface area contributed by atoms with Gasteiger partial charge in [-0.2, -0.15) is 8.78 Å². The van der Waals surface area contributed by atoms with Crippen molar-refractivity contribution in [1.82, 2.24) is 0 Å². The third-order valence-corrected chi connectivity index (χ3v) is 2.00. The van der Waals surface area contributed by atoms with Crippen molar-refractivity contribution in [3.63, 3.8) is 0 Å². The quantitative estimate of drug-likeness (QED) is 0.632. The van der Waals surface area contributed by atoms with Gasteiger partial charge < -0.3 is 9.84 Å². The van der Waals surface area contributed by atoms with Crippen molar-refractivity contribution in [2.75, 3.05) is 13.7 Å². The van der Waals surface area contributed by atoms with Crippen LogP contribution in [0.15, 0.2) is 9.66 Å². The van der Waals surface area contributed by atoms with Gasteiger partial charge in [0.1, 0.15) is 0 Å². The molecule has 0 aromatic carbocycles. The Kier molecular flexibility index (Phi) is 5.38. The van der Waals surface area contributed by atoms with Crippen LogP contribution in [0, 0.1) is 0 Å². The number of carbonyl (C=O) groups is 1. The number of hydrogen-bond donors (Lipinski definition) is 1. The molecule has 6 heteroatoms. The lowest BCUT2D eigenvalue weighted by molar-refractivity contribution is -0.161. The molecule has 0 bridgehead atoms. The normalized spacial score (nSPS) is 12.8. The molecular formula is C7H9F2IO3. The van der Waals surface area contributed by atoms with E-state index in [1.54, 1.807) is 22.6 Å². The van der Waals surface area contributed by atoms with Crippen molar-refractivity contribution < 1.29 is 23.4 Å². The fraction of sp³-hybridized carbons (Fsp3) is 0.571. The van der Waals surface area contributed by atoms with Crippen LogP contribution in [0.25, 0.3) is 0 Å². The van der Waals surface area contributed by atoms with Crippen molar-refractivity contribution in [2.45, 2.75) is 12.3 Å². The predicted molar refractivity (Wildman–Crippen MR) is 50.8 cm³/mol. The van der Waals surface area contributed by atoms with Crippen LogP contribution in [0.4, 0.5) is 8.78 Å². The molecule has 0 aliphatic carbocycles. The average Bonchev–Trinajstić information content (AvgIpc) is 2.02. The molecule has 0 spiro atoms. The van der Waals surface area contributed by atoms with Crippen LogP contribution in [-0.4, -0.2) is 30.7 Å². The summed E-state index contributed by atoms with van der Waals surface area (Å²) in [5.41, 5.74) is 0. The fourth-order valence-electron chi connectivity index (χ4n) is 0.571. The number of carbonyl (C=O) groups excluding carboxylic acids is 1. The van der Waals surface area contributed by atoms with E-state index in [1.807, 2.05) is 0 Å². The maximum atomic E-state index is 12.8. The second kappa shape index (κ2) is 5.48. The first-order chi connectivity index (χ1) is 5.94. The van der Waals surface area contributed by atoms with Crippen LogP contribution in [0.2, 0.25) is 0 Å². The summed E-state index contributed by atoms with van der Waals surface area (Å²) in [6.07, 6.45) is 0.586. The van der Waals surface area contributed by atoms with Gasteiger partial charge in [-0.3, -0.25) is 0 Å². The van der Waals surface area contributed by atoms with E-state index in [4.69, 9.17) is 5.11 Å². The highest BCUT2D eigenvalue weighted by Gasteiger charge is 2.37. The maximum Gasteiger partial charge on any atom is 0.381 e. The molecule has 0 aliphatic heterocycles. The maximum absolute atomic E-state index is 12.8. The number of ether oxygens (including phenoxy) is 1. The van der Waals surface area contributed by atoms with Crippen LogP contribution in [0.1, 0.15) is 6.42 Å². The number of hydrogen-bond acceptors (Lipinski definition) is 3. The van der Waals surface area contributed by atoms with Gasteiger partial charge in [-0.15, -0.1) is 0 Å². The van der Waals surface area contributed by atoms with Gasteiger partial charge in [-0.05, 0) is 26.2 Å². The van der Waals surface area contributed by atoms with Crippen LogP contribution < -0.4 is 0 Å². The van der Waals surface area contributed by atoms with E-state index in [2.05, 4.69) is 4.74 Å². The molecule has 0 radical (unpaired) electrons. The van der Waals surface area contributed by atoms with Gasteiger partial charge in [0.2, 0.25) is 0 Å². The van der Waals surface area contributed by atoms with E-state index < -0.39 is 11.9 Å². The Balaban J connectivity index is 4.46. The van der Waals surface area contributed by atoms with Gasteiger partial charge in [0.05, 0.1) is 7.11 Å². The second-order valence-electron chi connectivity index (χ2n) is 2.18. The number of alkyl halides is 2. The summed E-state index contributed by atoms with van der Waals surface area (Å²) in [6.45, 7) is -0.230. The number of esters is 1. The monoisotopic (exact) mass is 306 g/mol. The molecule has 13 heavy (non-hydrogen) atoms. The molecule has 76 valence electrons. The molecule has 0 aromatic rings. The molecule has 0 aliphatic rings. The molecule has 1 N–H and O–H groups in total. The van der Waals surface area contributed by atoms with Gasteiger partial charge >= 0.3 is 11.9 Å². The smallest absolute Gasteiger partial charge is 0.381 e. The van der Waals surface area contributed by atoms with Crippen molar-refractivity contribution in [3.8, 4) is 0 Å². The minimum Gasteiger partial charge on any atom is -0.464 e. The standard InChI is InChI=1S/C7H9F2IO3/c1-13-6(12)7(8,9)4-5(10)2-3-11/h4,11H,2-3H2,1H3. The highest BCUT2D eigenvalue weighted by molar-refractivity contribution is 14.1. The zero-order chi connectivity index (χ0) is 10.5. The molecule has 0 amide bonds. The largest absolute Gasteiger partial charge is 0.464 e. The Hall–Kier alpha value is -0.240. The van der Waals surface area contributed by atoms with Gasteiger partial charge in [-0.1, -0.05) is 0 Å². The van der Waals surface area contributed by atoms with Crippen LogP contribution in [0.3, 0.4) is 0 Å². The van der Waals surface area contributed by atoms with Gasteiger partial charge in [0.25, 0.3) is 0 Å². The first kappa shape index (κ1) is 12.8. The second-order valence-corrected chi connectivity index (χ2v) is 3.56. The lowest BCUT2D eigenvalue weighted by Crippen LogP contribution is -2.27. The summed E-state index contributed by atoms with van der Waals surface area (Å²) in [6, 6.07) is 0. The highest BCUT2D eigenvalue weighted by Crippen LogP contribution is 2.23. The minimum absolute atomic E-state index is 0.104. The molecule has 0 fully saturated rings. The zero-order valence-electron chi connectivity index (χ0n) is 6.89. The number of rotatable bonds is 4. The molecule has 0 unspecified atom stereocenters. The molecule has 0 saturated heterocycles. The third-order valence-electron chi connectivity index (χ3n) is 1.15. The first-order valence-corrected chi connectivity index (χ1v) is 4.46. The van der Waals surface area contributed by atoms with Crippen molar-refractivity contribution in [1.29, 1.82) is 0 Å². The SMILES string of the molecule is COC(=O)C(F)(F)C=C(I)CCO. The number of methoxy groups -OCH3 is 1. The Morgan fingerprint density at radius 3 is 2.62 bits per heavy atom. The number of aliphatic hydroxyl groups excluding tert-OH is 1. The van der Waals surface area contributed by atoms with Crippen molar-refractivity contribution in [2.24, 2.45) is 0 Å². The molecule has 3 nitrogen and oxygen atoms in total. The summed E-state index contributed by atoms with van der Waals surface area (Å²) in [5.74, 6) is -5.21. The van der Waals surface area contributed by atoms with E-state index in [1.165, 1.54) is 0 Å².